The van der Waals surface area contributed by atoms with Crippen molar-refractivity contribution in [1.29, 1.82) is 0 Å². The molecule has 1 aromatic heterocycles. The highest BCUT2D eigenvalue weighted by molar-refractivity contribution is 5.90. The summed E-state index contributed by atoms with van der Waals surface area (Å²) >= 11 is 0. The molecule has 2 amide bonds. The molecule has 1 aliphatic heterocycles. The van der Waals surface area contributed by atoms with Gasteiger partial charge in [-0.15, -0.1) is 0 Å². The van der Waals surface area contributed by atoms with Crippen molar-refractivity contribution in [3.63, 3.8) is 0 Å². The summed E-state index contributed by atoms with van der Waals surface area (Å²) in [6.07, 6.45) is -5.14. The van der Waals surface area contributed by atoms with Crippen molar-refractivity contribution in [3.8, 4) is 11.4 Å². The SMILES string of the molecule is Cc1ccnc(-c2ccc(NC(=O)N3CCC[C@@H]3[C@H](O)C(F)(F)F)cc2)n1. The molecule has 2 heterocycles. The Labute approximate surface area is 154 Å². The van der Waals surface area contributed by atoms with Crippen molar-refractivity contribution >= 4 is 11.7 Å². The Morgan fingerprint density at radius 2 is 2.00 bits per heavy atom. The number of alkyl halides is 3. The van der Waals surface area contributed by atoms with Crippen molar-refractivity contribution in [3.05, 3.63) is 42.2 Å². The molecule has 0 radical (unpaired) electrons. The van der Waals surface area contributed by atoms with Crippen molar-refractivity contribution in [2.45, 2.75) is 38.1 Å². The first kappa shape index (κ1) is 19.1. The number of carbonyl (C=O) groups excluding carboxylic acids is 1. The van der Waals surface area contributed by atoms with Crippen LogP contribution in [-0.2, 0) is 0 Å². The fourth-order valence-corrected chi connectivity index (χ4v) is 3.08. The number of carbonyl (C=O) groups is 1. The number of nitrogens with zero attached hydrogens (tertiary/aromatic N) is 3. The van der Waals surface area contributed by atoms with Crippen LogP contribution in [0, 0.1) is 6.92 Å². The molecule has 27 heavy (non-hydrogen) atoms. The van der Waals surface area contributed by atoms with Gasteiger partial charge in [0.15, 0.2) is 11.9 Å². The third-order valence-electron chi connectivity index (χ3n) is 4.45. The van der Waals surface area contributed by atoms with Crippen LogP contribution in [0.2, 0.25) is 0 Å². The number of rotatable bonds is 3. The molecule has 6 nitrogen and oxygen atoms in total. The Morgan fingerprint density at radius 1 is 1.30 bits per heavy atom. The van der Waals surface area contributed by atoms with Gasteiger partial charge < -0.3 is 15.3 Å². The summed E-state index contributed by atoms with van der Waals surface area (Å²) in [6.45, 7) is 2.01. The van der Waals surface area contributed by atoms with Crippen LogP contribution in [0.25, 0.3) is 11.4 Å². The minimum Gasteiger partial charge on any atom is -0.382 e. The highest BCUT2D eigenvalue weighted by atomic mass is 19.4. The molecular weight excluding hydrogens is 361 g/mol. The highest BCUT2D eigenvalue weighted by Gasteiger charge is 2.48. The Morgan fingerprint density at radius 3 is 2.63 bits per heavy atom. The number of aromatic nitrogens is 2. The number of likely N-dealkylation sites (tertiary alicyclic amines) is 1. The normalized spacial score (nSPS) is 18.4. The Kier molecular flexibility index (Phi) is 5.31. The summed E-state index contributed by atoms with van der Waals surface area (Å²) in [5.41, 5.74) is 2.01. The number of hydrogen-bond donors (Lipinski definition) is 2. The summed E-state index contributed by atoms with van der Waals surface area (Å²) in [5, 5.41) is 12.1. The molecule has 3 rings (SSSR count). The Hall–Kier alpha value is -2.68. The quantitative estimate of drug-likeness (QED) is 0.856. The molecule has 0 saturated carbocycles. The number of nitrogens with one attached hydrogen (secondary N) is 1. The van der Waals surface area contributed by atoms with E-state index in [0.717, 1.165) is 16.2 Å². The average molecular weight is 380 g/mol. The zero-order chi connectivity index (χ0) is 19.6. The molecule has 0 spiro atoms. The number of urea groups is 1. The van der Waals surface area contributed by atoms with Crippen LogP contribution in [0.5, 0.6) is 0 Å². The number of halogens is 3. The second-order valence-electron chi connectivity index (χ2n) is 6.42. The molecule has 1 aromatic carbocycles. The van der Waals surface area contributed by atoms with E-state index >= 15 is 0 Å². The standard InChI is InChI=1S/C18H19F3N4O2/c1-11-8-9-22-16(23-11)12-4-6-13(7-5-12)24-17(27)25-10-2-3-14(25)15(26)18(19,20)21/h4-9,14-15,26H,2-3,10H2,1H3,(H,24,27)/t14-,15+/m1/s1. The third kappa shape index (κ3) is 4.36. The van der Waals surface area contributed by atoms with Crippen LogP contribution in [0.15, 0.2) is 36.5 Å². The molecule has 1 aliphatic rings. The molecule has 2 atom stereocenters. The molecular formula is C18H19F3N4O2. The van der Waals surface area contributed by atoms with E-state index in [2.05, 4.69) is 15.3 Å². The van der Waals surface area contributed by atoms with Gasteiger partial charge in [-0.3, -0.25) is 0 Å². The van der Waals surface area contributed by atoms with Crippen molar-refractivity contribution in [1.82, 2.24) is 14.9 Å². The fourth-order valence-electron chi connectivity index (χ4n) is 3.08. The molecule has 0 aliphatic carbocycles. The number of aliphatic hydroxyl groups is 1. The summed E-state index contributed by atoms with van der Waals surface area (Å²) in [6, 6.07) is 6.53. The van der Waals surface area contributed by atoms with Crippen LogP contribution >= 0.6 is 0 Å². The highest BCUT2D eigenvalue weighted by Crippen LogP contribution is 2.31. The van der Waals surface area contributed by atoms with E-state index in [0.29, 0.717) is 17.9 Å². The van der Waals surface area contributed by atoms with Crippen molar-refractivity contribution in [2.24, 2.45) is 0 Å². The predicted octanol–water partition coefficient (Wildman–Crippen LogP) is 3.37. The van der Waals surface area contributed by atoms with Gasteiger partial charge in [0.1, 0.15) is 0 Å². The number of anilines is 1. The lowest BCUT2D eigenvalue weighted by atomic mass is 10.1. The van der Waals surface area contributed by atoms with Gasteiger partial charge in [0.25, 0.3) is 0 Å². The molecule has 1 saturated heterocycles. The lowest BCUT2D eigenvalue weighted by Gasteiger charge is -2.29. The summed E-state index contributed by atoms with van der Waals surface area (Å²) < 4.78 is 38.3. The Balaban J connectivity index is 1.69. The van der Waals surface area contributed by atoms with Gasteiger partial charge >= 0.3 is 12.2 Å². The second-order valence-corrected chi connectivity index (χ2v) is 6.42. The molecule has 2 N–H and O–H groups in total. The molecule has 0 bridgehead atoms. The van der Waals surface area contributed by atoms with Crippen LogP contribution in [0.1, 0.15) is 18.5 Å². The van der Waals surface area contributed by atoms with E-state index in [1.807, 2.05) is 6.92 Å². The van der Waals surface area contributed by atoms with Gasteiger partial charge in [0, 0.05) is 29.7 Å². The molecule has 9 heteroatoms. The minimum atomic E-state index is -4.76. The monoisotopic (exact) mass is 380 g/mol. The molecule has 1 fully saturated rings. The zero-order valence-electron chi connectivity index (χ0n) is 14.6. The third-order valence-corrected chi connectivity index (χ3v) is 4.45. The van der Waals surface area contributed by atoms with Gasteiger partial charge in [-0.1, -0.05) is 0 Å². The van der Waals surface area contributed by atoms with Gasteiger partial charge in [0.05, 0.1) is 6.04 Å². The van der Waals surface area contributed by atoms with E-state index in [1.54, 1.807) is 36.5 Å². The predicted molar refractivity (Wildman–Crippen MR) is 93.0 cm³/mol. The second kappa shape index (κ2) is 7.51. The largest absolute Gasteiger partial charge is 0.416 e. The van der Waals surface area contributed by atoms with E-state index in [9.17, 15) is 23.1 Å². The first-order chi connectivity index (χ1) is 12.8. The number of aryl methyl sites for hydroxylation is 1. The Bertz CT molecular complexity index is 811. The topological polar surface area (TPSA) is 78.4 Å². The van der Waals surface area contributed by atoms with Gasteiger partial charge in [-0.2, -0.15) is 13.2 Å². The lowest BCUT2D eigenvalue weighted by Crippen LogP contribution is -2.50. The smallest absolute Gasteiger partial charge is 0.382 e. The van der Waals surface area contributed by atoms with Crippen LogP contribution in [-0.4, -0.2) is 50.9 Å². The van der Waals surface area contributed by atoms with E-state index < -0.39 is 24.4 Å². The zero-order valence-corrected chi connectivity index (χ0v) is 14.6. The number of amides is 2. The van der Waals surface area contributed by atoms with Crippen LogP contribution in [0.3, 0.4) is 0 Å². The maximum atomic E-state index is 12.8. The molecule has 0 unspecified atom stereocenters. The maximum Gasteiger partial charge on any atom is 0.416 e. The van der Waals surface area contributed by atoms with Gasteiger partial charge in [-0.05, 0) is 50.1 Å². The van der Waals surface area contributed by atoms with Crippen LogP contribution < -0.4 is 5.32 Å². The summed E-state index contributed by atoms with van der Waals surface area (Å²) in [7, 11) is 0. The summed E-state index contributed by atoms with van der Waals surface area (Å²) in [5.74, 6) is 0.542. The van der Waals surface area contributed by atoms with E-state index in [-0.39, 0.29) is 13.0 Å². The summed E-state index contributed by atoms with van der Waals surface area (Å²) in [4.78, 5) is 21.9. The van der Waals surface area contributed by atoms with Crippen molar-refractivity contribution < 1.29 is 23.1 Å². The minimum absolute atomic E-state index is 0.109. The maximum absolute atomic E-state index is 12.8. The first-order valence-electron chi connectivity index (χ1n) is 8.48. The van der Waals surface area contributed by atoms with Gasteiger partial charge in [-0.25, -0.2) is 14.8 Å². The lowest BCUT2D eigenvalue weighted by molar-refractivity contribution is -0.216. The number of benzene rings is 1. The van der Waals surface area contributed by atoms with Crippen LogP contribution in [0.4, 0.5) is 23.7 Å². The van der Waals surface area contributed by atoms with E-state index in [4.69, 9.17) is 0 Å². The number of hydrogen-bond acceptors (Lipinski definition) is 4. The number of aliphatic hydroxyl groups excluding tert-OH is 1. The molecule has 2 aromatic rings. The first-order valence-corrected chi connectivity index (χ1v) is 8.48. The fraction of sp³-hybridized carbons (Fsp3) is 0.389. The van der Waals surface area contributed by atoms with Crippen molar-refractivity contribution in [2.75, 3.05) is 11.9 Å². The molecule has 144 valence electrons. The van der Waals surface area contributed by atoms with E-state index in [1.165, 1.54) is 0 Å². The average Bonchev–Trinajstić information content (AvgIpc) is 3.10. The van der Waals surface area contributed by atoms with Gasteiger partial charge in [0.2, 0.25) is 0 Å².